The predicted octanol–water partition coefficient (Wildman–Crippen LogP) is 1.60. The lowest BCUT2D eigenvalue weighted by atomic mass is 10.3. The van der Waals surface area contributed by atoms with Crippen molar-refractivity contribution in [3.8, 4) is 0 Å². The summed E-state index contributed by atoms with van der Waals surface area (Å²) in [6.07, 6.45) is 3.21. The summed E-state index contributed by atoms with van der Waals surface area (Å²) < 4.78 is 37.8. The maximum absolute atomic E-state index is 12.9. The summed E-state index contributed by atoms with van der Waals surface area (Å²) in [6, 6.07) is 5.21. The lowest BCUT2D eigenvalue weighted by Gasteiger charge is -2.23. The summed E-state index contributed by atoms with van der Waals surface area (Å²) >= 11 is 0. The predicted molar refractivity (Wildman–Crippen MR) is 79.0 cm³/mol. The molecule has 0 bridgehead atoms. The molecule has 21 heavy (non-hydrogen) atoms. The summed E-state index contributed by atoms with van der Waals surface area (Å²) in [6.45, 7) is 1.56. The van der Waals surface area contributed by atoms with Crippen LogP contribution in [0.2, 0.25) is 0 Å². The fourth-order valence-corrected chi connectivity index (χ4v) is 3.34. The van der Waals surface area contributed by atoms with Gasteiger partial charge in [0.1, 0.15) is 5.82 Å². The number of nitrogens with zero attached hydrogens (tertiary/aromatic N) is 2. The molecule has 0 saturated carbocycles. The van der Waals surface area contributed by atoms with Gasteiger partial charge in [0.05, 0.1) is 11.9 Å². The monoisotopic (exact) mass is 314 g/mol. The van der Waals surface area contributed by atoms with Crippen LogP contribution in [0.4, 0.5) is 10.1 Å². The van der Waals surface area contributed by atoms with E-state index in [1.54, 1.807) is 4.90 Å². The van der Waals surface area contributed by atoms with Crippen molar-refractivity contribution in [2.45, 2.75) is 19.3 Å². The topological polar surface area (TPSA) is 57.7 Å². The van der Waals surface area contributed by atoms with E-state index in [0.717, 1.165) is 36.5 Å². The molecular formula is C14H19FN2O3S. The molecule has 1 aliphatic heterocycles. The molecule has 1 heterocycles. The van der Waals surface area contributed by atoms with Crippen LogP contribution in [0.5, 0.6) is 0 Å². The van der Waals surface area contributed by atoms with Crippen molar-refractivity contribution in [1.82, 2.24) is 4.90 Å². The zero-order valence-electron chi connectivity index (χ0n) is 12.0. The molecule has 1 fully saturated rings. The van der Waals surface area contributed by atoms with Crippen LogP contribution in [0, 0.1) is 5.82 Å². The summed E-state index contributed by atoms with van der Waals surface area (Å²) in [5.74, 6) is -0.469. The minimum absolute atomic E-state index is 0.0386. The van der Waals surface area contributed by atoms with Gasteiger partial charge in [-0.15, -0.1) is 0 Å². The van der Waals surface area contributed by atoms with E-state index in [-0.39, 0.29) is 18.9 Å². The third-order valence-electron chi connectivity index (χ3n) is 3.50. The molecule has 7 heteroatoms. The van der Waals surface area contributed by atoms with Gasteiger partial charge in [0, 0.05) is 26.1 Å². The molecule has 0 unspecified atom stereocenters. The summed E-state index contributed by atoms with van der Waals surface area (Å²) in [5.41, 5.74) is 0.369. The zero-order chi connectivity index (χ0) is 15.5. The number of benzene rings is 1. The smallest absolute Gasteiger partial charge is 0.232 e. The van der Waals surface area contributed by atoms with Gasteiger partial charge in [0.25, 0.3) is 0 Å². The van der Waals surface area contributed by atoms with E-state index in [0.29, 0.717) is 5.69 Å². The third kappa shape index (κ3) is 4.17. The molecule has 1 aromatic carbocycles. The Morgan fingerprint density at radius 1 is 1.24 bits per heavy atom. The Hall–Kier alpha value is -1.63. The van der Waals surface area contributed by atoms with Crippen molar-refractivity contribution in [3.63, 3.8) is 0 Å². The summed E-state index contributed by atoms with van der Waals surface area (Å²) in [7, 11) is -3.51. The second-order valence-corrected chi connectivity index (χ2v) is 7.06. The summed E-state index contributed by atoms with van der Waals surface area (Å²) in [5, 5.41) is 0. The van der Waals surface area contributed by atoms with Crippen LogP contribution in [-0.4, -0.2) is 45.1 Å². The Kier molecular flexibility index (Phi) is 4.82. The molecule has 1 saturated heterocycles. The number of likely N-dealkylation sites (tertiary alicyclic amines) is 1. The molecule has 0 spiro atoms. The van der Waals surface area contributed by atoms with Gasteiger partial charge in [-0.25, -0.2) is 12.8 Å². The van der Waals surface area contributed by atoms with Crippen LogP contribution in [0.1, 0.15) is 19.3 Å². The van der Waals surface area contributed by atoms with Crippen LogP contribution < -0.4 is 4.31 Å². The van der Waals surface area contributed by atoms with Crippen LogP contribution in [0.25, 0.3) is 0 Å². The van der Waals surface area contributed by atoms with Gasteiger partial charge in [-0.3, -0.25) is 9.10 Å². The van der Waals surface area contributed by atoms with Gasteiger partial charge in [-0.1, -0.05) is 0 Å². The fraction of sp³-hybridized carbons (Fsp3) is 0.500. The molecule has 5 nitrogen and oxygen atoms in total. The normalized spacial score (nSPS) is 15.2. The molecule has 0 aromatic heterocycles. The first kappa shape index (κ1) is 15.8. The lowest BCUT2D eigenvalue weighted by molar-refractivity contribution is -0.129. The molecular weight excluding hydrogens is 295 g/mol. The SMILES string of the molecule is CS(=O)(=O)N(CCC(=O)N1CCCC1)c1ccc(F)cc1. The van der Waals surface area contributed by atoms with Crippen LogP contribution in [-0.2, 0) is 14.8 Å². The van der Waals surface area contributed by atoms with Gasteiger partial charge in [0.2, 0.25) is 15.9 Å². The van der Waals surface area contributed by atoms with Crippen molar-refractivity contribution >= 4 is 21.6 Å². The van der Waals surface area contributed by atoms with Crippen molar-refractivity contribution in [2.75, 3.05) is 30.2 Å². The van der Waals surface area contributed by atoms with Gasteiger partial charge >= 0.3 is 0 Å². The van der Waals surface area contributed by atoms with E-state index in [9.17, 15) is 17.6 Å². The first-order chi connectivity index (χ1) is 9.88. The first-order valence-electron chi connectivity index (χ1n) is 6.89. The van der Waals surface area contributed by atoms with Crippen LogP contribution in [0.15, 0.2) is 24.3 Å². The molecule has 0 N–H and O–H groups in total. The molecule has 0 radical (unpaired) electrons. The number of hydrogen-bond acceptors (Lipinski definition) is 3. The average Bonchev–Trinajstić information content (AvgIpc) is 2.93. The Balaban J connectivity index is 2.07. The van der Waals surface area contributed by atoms with E-state index in [1.807, 2.05) is 0 Å². The van der Waals surface area contributed by atoms with E-state index < -0.39 is 15.8 Å². The highest BCUT2D eigenvalue weighted by atomic mass is 32.2. The van der Waals surface area contributed by atoms with Gasteiger partial charge in [-0.2, -0.15) is 0 Å². The molecule has 116 valence electrons. The second-order valence-electron chi connectivity index (χ2n) is 5.15. The number of halogens is 1. The molecule has 1 aliphatic rings. The van der Waals surface area contributed by atoms with E-state index >= 15 is 0 Å². The van der Waals surface area contributed by atoms with Gasteiger partial charge in [0.15, 0.2) is 0 Å². The van der Waals surface area contributed by atoms with Crippen molar-refractivity contribution in [1.29, 1.82) is 0 Å². The number of sulfonamides is 1. The Morgan fingerprint density at radius 2 is 1.81 bits per heavy atom. The van der Waals surface area contributed by atoms with E-state index in [2.05, 4.69) is 0 Å². The fourth-order valence-electron chi connectivity index (χ4n) is 2.42. The van der Waals surface area contributed by atoms with Crippen molar-refractivity contribution < 1.29 is 17.6 Å². The second kappa shape index (κ2) is 6.43. The minimum Gasteiger partial charge on any atom is -0.343 e. The maximum Gasteiger partial charge on any atom is 0.232 e. The molecule has 1 aromatic rings. The molecule has 0 aliphatic carbocycles. The Morgan fingerprint density at radius 3 is 2.33 bits per heavy atom. The van der Waals surface area contributed by atoms with Crippen molar-refractivity contribution in [2.24, 2.45) is 0 Å². The van der Waals surface area contributed by atoms with Crippen LogP contribution in [0.3, 0.4) is 0 Å². The summed E-state index contributed by atoms with van der Waals surface area (Å²) in [4.78, 5) is 13.8. The minimum atomic E-state index is -3.51. The third-order valence-corrected chi connectivity index (χ3v) is 4.70. The van der Waals surface area contributed by atoms with E-state index in [1.165, 1.54) is 24.3 Å². The zero-order valence-corrected chi connectivity index (χ0v) is 12.8. The van der Waals surface area contributed by atoms with Crippen molar-refractivity contribution in [3.05, 3.63) is 30.1 Å². The highest BCUT2D eigenvalue weighted by molar-refractivity contribution is 7.92. The number of hydrogen-bond donors (Lipinski definition) is 0. The maximum atomic E-state index is 12.9. The van der Waals surface area contributed by atoms with Gasteiger partial charge in [-0.05, 0) is 37.1 Å². The quantitative estimate of drug-likeness (QED) is 0.829. The first-order valence-corrected chi connectivity index (χ1v) is 8.74. The number of rotatable bonds is 5. The number of amides is 1. The molecule has 2 rings (SSSR count). The van der Waals surface area contributed by atoms with Crippen LogP contribution >= 0.6 is 0 Å². The van der Waals surface area contributed by atoms with Gasteiger partial charge < -0.3 is 4.90 Å². The molecule has 0 atom stereocenters. The Labute approximate surface area is 124 Å². The number of anilines is 1. The highest BCUT2D eigenvalue weighted by Gasteiger charge is 2.22. The number of carbonyl (C=O) groups excluding carboxylic acids is 1. The molecule has 1 amide bonds. The lowest BCUT2D eigenvalue weighted by Crippen LogP contribution is -2.35. The Bertz CT molecular complexity index is 595. The largest absolute Gasteiger partial charge is 0.343 e. The highest BCUT2D eigenvalue weighted by Crippen LogP contribution is 2.19. The average molecular weight is 314 g/mol. The van der Waals surface area contributed by atoms with E-state index in [4.69, 9.17) is 0 Å². The standard InChI is InChI=1S/C14H19FN2O3S/c1-21(19,20)17(13-6-4-12(15)5-7-13)11-8-14(18)16-9-2-3-10-16/h4-7H,2-3,8-11H2,1H3. The number of carbonyl (C=O) groups is 1.